The largest absolute Gasteiger partial charge is 0.480 e. The number of carbonyl (C=O) groups is 1. The number of carboxylic acid groups (broad SMARTS) is 1. The third-order valence-corrected chi connectivity index (χ3v) is 7.04. The molecule has 1 aliphatic rings. The van der Waals surface area contributed by atoms with Gasteiger partial charge in [0.25, 0.3) is 0 Å². The molecule has 26 heavy (non-hydrogen) atoms. The van der Waals surface area contributed by atoms with E-state index >= 15 is 0 Å². The Labute approximate surface area is 156 Å². The van der Waals surface area contributed by atoms with Crippen LogP contribution in [0.1, 0.15) is 37.8 Å². The lowest BCUT2D eigenvalue weighted by atomic mass is 10.0. The van der Waals surface area contributed by atoms with E-state index in [1.807, 2.05) is 4.90 Å². The summed E-state index contributed by atoms with van der Waals surface area (Å²) in [6.45, 7) is 5.39. The van der Waals surface area contributed by atoms with Crippen molar-refractivity contribution >= 4 is 16.0 Å². The van der Waals surface area contributed by atoms with E-state index in [0.29, 0.717) is 32.5 Å². The average Bonchev–Trinajstić information content (AvgIpc) is 2.65. The van der Waals surface area contributed by atoms with Crippen LogP contribution in [-0.4, -0.2) is 66.7 Å². The first-order chi connectivity index (χ1) is 12.4. The highest BCUT2D eigenvalue weighted by Crippen LogP contribution is 2.20. The molecule has 0 radical (unpaired) electrons. The molecule has 0 unspecified atom stereocenters. The minimum atomic E-state index is -3.16. The maximum atomic E-state index is 12.0. The van der Waals surface area contributed by atoms with Gasteiger partial charge >= 0.3 is 5.97 Å². The lowest BCUT2D eigenvalue weighted by Crippen LogP contribution is -2.48. The number of aryl methyl sites for hydroxylation is 1. The van der Waals surface area contributed by atoms with Gasteiger partial charge < -0.3 is 5.11 Å². The van der Waals surface area contributed by atoms with Crippen molar-refractivity contribution in [2.45, 2.75) is 45.6 Å². The number of sulfonamides is 1. The van der Waals surface area contributed by atoms with Crippen LogP contribution < -0.4 is 0 Å². The SMILES string of the molecule is CCc1ccc(CCN(CC(=O)O)C2CCN(S(=O)(=O)CC)CC2)cc1. The molecule has 2 rings (SSSR count). The zero-order valence-electron chi connectivity index (χ0n) is 15.7. The number of benzene rings is 1. The summed E-state index contributed by atoms with van der Waals surface area (Å²) < 4.78 is 25.5. The lowest BCUT2D eigenvalue weighted by Gasteiger charge is -2.37. The topological polar surface area (TPSA) is 77.9 Å². The molecule has 0 bridgehead atoms. The second kappa shape index (κ2) is 9.48. The van der Waals surface area contributed by atoms with Gasteiger partial charge in [-0.1, -0.05) is 31.2 Å². The first kappa shape index (κ1) is 20.9. The van der Waals surface area contributed by atoms with E-state index < -0.39 is 16.0 Å². The first-order valence-corrected chi connectivity index (χ1v) is 11.0. The molecule has 0 amide bonds. The minimum Gasteiger partial charge on any atom is -0.480 e. The van der Waals surface area contributed by atoms with Gasteiger partial charge in [0.15, 0.2) is 0 Å². The molecule has 0 aliphatic carbocycles. The van der Waals surface area contributed by atoms with Gasteiger partial charge in [-0.05, 0) is 43.7 Å². The quantitative estimate of drug-likeness (QED) is 0.707. The highest BCUT2D eigenvalue weighted by atomic mass is 32.2. The molecular weight excluding hydrogens is 352 g/mol. The van der Waals surface area contributed by atoms with E-state index in [9.17, 15) is 18.3 Å². The van der Waals surface area contributed by atoms with Crippen molar-refractivity contribution in [1.82, 2.24) is 9.21 Å². The van der Waals surface area contributed by atoms with E-state index in [1.54, 1.807) is 6.92 Å². The fourth-order valence-electron chi connectivity index (χ4n) is 3.45. The Morgan fingerprint density at radius 1 is 1.15 bits per heavy atom. The van der Waals surface area contributed by atoms with Gasteiger partial charge in [0, 0.05) is 25.7 Å². The summed E-state index contributed by atoms with van der Waals surface area (Å²) in [5, 5.41) is 9.25. The highest BCUT2D eigenvalue weighted by molar-refractivity contribution is 7.89. The van der Waals surface area contributed by atoms with Crippen LogP contribution in [0.25, 0.3) is 0 Å². The average molecular weight is 383 g/mol. The Morgan fingerprint density at radius 3 is 2.23 bits per heavy atom. The summed E-state index contributed by atoms with van der Waals surface area (Å²) in [6.07, 6.45) is 3.16. The van der Waals surface area contributed by atoms with Gasteiger partial charge in [0.2, 0.25) is 10.0 Å². The maximum Gasteiger partial charge on any atom is 0.317 e. The Kier molecular flexibility index (Phi) is 7.61. The summed E-state index contributed by atoms with van der Waals surface area (Å²) in [6, 6.07) is 8.56. The number of nitrogens with zero attached hydrogens (tertiary/aromatic N) is 2. The van der Waals surface area contributed by atoms with E-state index in [4.69, 9.17) is 0 Å². The summed E-state index contributed by atoms with van der Waals surface area (Å²) in [4.78, 5) is 13.3. The van der Waals surface area contributed by atoms with Crippen LogP contribution in [0.15, 0.2) is 24.3 Å². The summed E-state index contributed by atoms with van der Waals surface area (Å²) in [5.41, 5.74) is 2.49. The molecule has 0 aromatic heterocycles. The molecular formula is C19H30N2O4S. The predicted molar refractivity (Wildman–Crippen MR) is 103 cm³/mol. The number of aliphatic carboxylic acids is 1. The van der Waals surface area contributed by atoms with Crippen molar-refractivity contribution in [3.8, 4) is 0 Å². The fraction of sp³-hybridized carbons (Fsp3) is 0.632. The van der Waals surface area contributed by atoms with Crippen molar-refractivity contribution in [3.05, 3.63) is 35.4 Å². The van der Waals surface area contributed by atoms with Gasteiger partial charge in [-0.2, -0.15) is 0 Å². The highest BCUT2D eigenvalue weighted by Gasteiger charge is 2.30. The zero-order valence-corrected chi connectivity index (χ0v) is 16.5. The standard InChI is InChI=1S/C19H30N2O4S/c1-3-16-5-7-17(8-6-16)9-12-20(15-19(22)23)18-10-13-21(14-11-18)26(24,25)4-2/h5-8,18H,3-4,9-15H2,1-2H3,(H,22,23). The van der Waals surface area contributed by atoms with Crippen LogP contribution in [0.4, 0.5) is 0 Å². The molecule has 1 aliphatic heterocycles. The maximum absolute atomic E-state index is 12.0. The number of piperidine rings is 1. The van der Waals surface area contributed by atoms with Gasteiger partial charge in [0.05, 0.1) is 12.3 Å². The van der Waals surface area contributed by atoms with Crippen LogP contribution in [-0.2, 0) is 27.7 Å². The van der Waals surface area contributed by atoms with E-state index in [-0.39, 0.29) is 18.3 Å². The summed E-state index contributed by atoms with van der Waals surface area (Å²) in [5.74, 6) is -0.723. The van der Waals surface area contributed by atoms with Crippen LogP contribution >= 0.6 is 0 Å². The number of hydrogen-bond acceptors (Lipinski definition) is 4. The number of carboxylic acids is 1. The van der Waals surface area contributed by atoms with Crippen LogP contribution in [0.5, 0.6) is 0 Å². The molecule has 1 heterocycles. The fourth-order valence-corrected chi connectivity index (χ4v) is 4.58. The van der Waals surface area contributed by atoms with Gasteiger partial charge in [0.1, 0.15) is 0 Å². The number of hydrogen-bond donors (Lipinski definition) is 1. The van der Waals surface area contributed by atoms with Crippen molar-refractivity contribution in [1.29, 1.82) is 0 Å². The Balaban J connectivity index is 1.95. The molecule has 6 nitrogen and oxygen atoms in total. The first-order valence-electron chi connectivity index (χ1n) is 9.37. The second-order valence-electron chi connectivity index (χ2n) is 6.82. The third kappa shape index (κ3) is 5.79. The molecule has 0 spiro atoms. The van der Waals surface area contributed by atoms with Crippen LogP contribution in [0.2, 0.25) is 0 Å². The normalized spacial score (nSPS) is 16.9. The molecule has 1 aromatic rings. The Morgan fingerprint density at radius 2 is 1.73 bits per heavy atom. The molecule has 7 heteroatoms. The number of rotatable bonds is 9. The molecule has 1 saturated heterocycles. The van der Waals surface area contributed by atoms with Crippen LogP contribution in [0.3, 0.4) is 0 Å². The van der Waals surface area contributed by atoms with E-state index in [1.165, 1.54) is 15.4 Å². The second-order valence-corrected chi connectivity index (χ2v) is 9.07. The third-order valence-electron chi connectivity index (χ3n) is 5.16. The Hall–Kier alpha value is -1.44. The zero-order chi connectivity index (χ0) is 19.2. The molecule has 1 fully saturated rings. The van der Waals surface area contributed by atoms with Crippen molar-refractivity contribution in [3.63, 3.8) is 0 Å². The van der Waals surface area contributed by atoms with Crippen molar-refractivity contribution < 1.29 is 18.3 Å². The monoisotopic (exact) mass is 382 g/mol. The molecule has 146 valence electrons. The van der Waals surface area contributed by atoms with Crippen molar-refractivity contribution in [2.24, 2.45) is 0 Å². The van der Waals surface area contributed by atoms with Gasteiger partial charge in [-0.25, -0.2) is 12.7 Å². The van der Waals surface area contributed by atoms with Crippen LogP contribution in [0, 0.1) is 0 Å². The molecule has 0 atom stereocenters. The minimum absolute atomic E-state index is 0.00175. The summed E-state index contributed by atoms with van der Waals surface area (Å²) in [7, 11) is -3.16. The van der Waals surface area contributed by atoms with Crippen molar-refractivity contribution in [2.75, 3.05) is 31.9 Å². The predicted octanol–water partition coefficient (Wildman–Crippen LogP) is 1.99. The molecule has 1 aromatic carbocycles. The molecule has 1 N–H and O–H groups in total. The lowest BCUT2D eigenvalue weighted by molar-refractivity contribution is -0.139. The van der Waals surface area contributed by atoms with Gasteiger partial charge in [-0.3, -0.25) is 9.69 Å². The smallest absolute Gasteiger partial charge is 0.317 e. The summed E-state index contributed by atoms with van der Waals surface area (Å²) >= 11 is 0. The molecule has 0 saturated carbocycles. The van der Waals surface area contributed by atoms with E-state index in [2.05, 4.69) is 31.2 Å². The van der Waals surface area contributed by atoms with Gasteiger partial charge in [-0.15, -0.1) is 0 Å². The van der Waals surface area contributed by atoms with E-state index in [0.717, 1.165) is 12.8 Å². The Bertz CT molecular complexity index is 680.